The normalized spacial score (nSPS) is 10.8. The molecule has 1 heterocycles. The number of rotatable bonds is 2. The second-order valence-electron chi connectivity index (χ2n) is 3.41. The van der Waals surface area contributed by atoms with E-state index >= 15 is 0 Å². The van der Waals surface area contributed by atoms with Crippen LogP contribution in [-0.4, -0.2) is 37.4 Å². The van der Waals surface area contributed by atoms with Gasteiger partial charge < -0.3 is 12.4 Å². The summed E-state index contributed by atoms with van der Waals surface area (Å²) in [5, 5.41) is 0.834. The Hall–Kier alpha value is -0.320. The molecule has 0 aliphatic rings. The lowest BCUT2D eigenvalue weighted by atomic mass is 10.5. The van der Waals surface area contributed by atoms with Gasteiger partial charge in [0.15, 0.2) is 5.16 Å². The Kier molecular flexibility index (Phi) is 4.67. The number of thioether (sulfide) groups is 1. The Bertz CT molecular complexity index is 272. The lowest BCUT2D eigenvalue weighted by molar-refractivity contribution is -0.00000290. The largest absolute Gasteiger partial charge is 1.00 e. The Morgan fingerprint density at radius 1 is 1.31 bits per heavy atom. The van der Waals surface area contributed by atoms with Crippen molar-refractivity contribution in [3.8, 4) is 0 Å². The van der Waals surface area contributed by atoms with E-state index in [0.717, 1.165) is 15.5 Å². The third-order valence-corrected chi connectivity index (χ3v) is 2.05. The van der Waals surface area contributed by atoms with E-state index in [1.165, 1.54) is 0 Å². The molecule has 0 atom stereocenters. The fraction of sp³-hybridized carbons (Fsp3) is 0.500. The minimum atomic E-state index is 0. The summed E-state index contributed by atoms with van der Waals surface area (Å²) in [6.45, 7) is 0. The summed E-state index contributed by atoms with van der Waals surface area (Å²) in [5.74, 6) is 1.04. The number of aromatic nitrogens is 2. The van der Waals surface area contributed by atoms with Gasteiger partial charge in [-0.05, 0) is 6.26 Å². The zero-order valence-corrected chi connectivity index (χ0v) is 9.85. The topological polar surface area (TPSA) is 25.8 Å². The molecule has 0 fully saturated rings. The Morgan fingerprint density at radius 3 is 2.38 bits per heavy atom. The molecule has 0 N–H and O–H groups in total. The molecule has 0 spiro atoms. The van der Waals surface area contributed by atoms with Crippen LogP contribution in [0.1, 0.15) is 0 Å². The number of nitrogens with zero attached hydrogens (tertiary/aromatic N) is 3. The number of halogens is 1. The molecule has 13 heavy (non-hydrogen) atoms. The van der Waals surface area contributed by atoms with E-state index in [4.69, 9.17) is 0 Å². The molecule has 5 heteroatoms. The van der Waals surface area contributed by atoms with Crippen LogP contribution < -0.4 is 16.9 Å². The van der Waals surface area contributed by atoms with Crippen LogP contribution in [0.2, 0.25) is 0 Å². The molecule has 3 nitrogen and oxygen atoms in total. The van der Waals surface area contributed by atoms with Crippen LogP contribution >= 0.6 is 11.8 Å². The summed E-state index contributed by atoms with van der Waals surface area (Å²) in [6, 6.07) is 1.94. The molecule has 0 saturated heterocycles. The van der Waals surface area contributed by atoms with Gasteiger partial charge in [-0.1, -0.05) is 11.8 Å². The first-order chi connectivity index (χ1) is 5.54. The summed E-state index contributed by atoms with van der Waals surface area (Å²) < 4.78 is 0.732. The van der Waals surface area contributed by atoms with Crippen LogP contribution in [-0.2, 0) is 0 Å². The SMILES string of the molecule is CSc1nccc([N+](C)(C)C)n1.[Cl-]. The molecule has 0 unspecified atom stereocenters. The second-order valence-corrected chi connectivity index (χ2v) is 4.19. The van der Waals surface area contributed by atoms with Crippen molar-refractivity contribution in [2.45, 2.75) is 5.16 Å². The molecular formula is C8H14ClN3S. The molecule has 0 aromatic carbocycles. The Labute approximate surface area is 89.6 Å². The highest BCUT2D eigenvalue weighted by atomic mass is 35.5. The van der Waals surface area contributed by atoms with E-state index in [-0.39, 0.29) is 12.4 Å². The lowest BCUT2D eigenvalue weighted by Crippen LogP contribution is -3.00. The van der Waals surface area contributed by atoms with Gasteiger partial charge in [-0.3, -0.25) is 4.48 Å². The van der Waals surface area contributed by atoms with E-state index in [2.05, 4.69) is 31.1 Å². The number of hydrogen-bond donors (Lipinski definition) is 0. The summed E-state index contributed by atoms with van der Waals surface area (Å²) in [5.41, 5.74) is 0. The average molecular weight is 220 g/mol. The molecule has 1 aromatic heterocycles. The zero-order valence-electron chi connectivity index (χ0n) is 8.28. The minimum Gasteiger partial charge on any atom is -1.00 e. The fourth-order valence-corrected chi connectivity index (χ4v) is 1.15. The van der Waals surface area contributed by atoms with E-state index in [1.807, 2.05) is 12.3 Å². The smallest absolute Gasteiger partial charge is 0.230 e. The van der Waals surface area contributed by atoms with E-state index in [0.29, 0.717) is 0 Å². The Morgan fingerprint density at radius 2 is 1.92 bits per heavy atom. The molecule has 0 aliphatic heterocycles. The van der Waals surface area contributed by atoms with E-state index < -0.39 is 0 Å². The zero-order chi connectivity index (χ0) is 9.19. The Balaban J connectivity index is 0.00000144. The molecule has 0 bridgehead atoms. The van der Waals surface area contributed by atoms with Gasteiger partial charge in [-0.2, -0.15) is 4.98 Å². The first-order valence-corrected chi connectivity index (χ1v) is 4.95. The van der Waals surface area contributed by atoms with Crippen molar-refractivity contribution in [1.29, 1.82) is 0 Å². The van der Waals surface area contributed by atoms with Crippen molar-refractivity contribution in [3.63, 3.8) is 0 Å². The molecule has 0 saturated carbocycles. The van der Waals surface area contributed by atoms with Crippen LogP contribution in [0.4, 0.5) is 5.82 Å². The van der Waals surface area contributed by atoms with Crippen LogP contribution in [0.25, 0.3) is 0 Å². The molecule has 74 valence electrons. The highest BCUT2D eigenvalue weighted by molar-refractivity contribution is 7.98. The van der Waals surface area contributed by atoms with E-state index in [9.17, 15) is 0 Å². The molecule has 0 aliphatic carbocycles. The van der Waals surface area contributed by atoms with Crippen molar-refractivity contribution in [2.75, 3.05) is 27.4 Å². The van der Waals surface area contributed by atoms with Gasteiger partial charge in [0.05, 0.1) is 21.1 Å². The van der Waals surface area contributed by atoms with Gasteiger partial charge in [-0.25, -0.2) is 4.98 Å². The van der Waals surface area contributed by atoms with Gasteiger partial charge in [0.1, 0.15) is 0 Å². The van der Waals surface area contributed by atoms with Crippen LogP contribution in [0.15, 0.2) is 17.4 Å². The van der Waals surface area contributed by atoms with Gasteiger partial charge in [0, 0.05) is 12.3 Å². The predicted octanol–water partition coefficient (Wildman–Crippen LogP) is -1.60. The molecule has 1 aromatic rings. The maximum absolute atomic E-state index is 4.39. The van der Waals surface area contributed by atoms with Crippen LogP contribution in [0.5, 0.6) is 0 Å². The quantitative estimate of drug-likeness (QED) is 0.341. The first-order valence-electron chi connectivity index (χ1n) is 3.73. The van der Waals surface area contributed by atoms with Crippen molar-refractivity contribution < 1.29 is 12.4 Å². The molecular weight excluding hydrogens is 206 g/mol. The standard InChI is InChI=1S/C8H14N3S.ClH/c1-11(2,3)7-5-6-9-8(10-7)12-4;/h5-6H,1-4H3;1H/q+1;/p-1. The van der Waals surface area contributed by atoms with Crippen LogP contribution in [0, 0.1) is 0 Å². The highest BCUT2D eigenvalue weighted by Crippen LogP contribution is 2.15. The summed E-state index contributed by atoms with van der Waals surface area (Å²) in [4.78, 5) is 8.50. The molecule has 0 radical (unpaired) electrons. The minimum absolute atomic E-state index is 0. The van der Waals surface area contributed by atoms with Crippen molar-refractivity contribution >= 4 is 17.6 Å². The highest BCUT2D eigenvalue weighted by Gasteiger charge is 2.13. The average Bonchev–Trinajstić information content (AvgIpc) is 2.03. The molecule has 0 amide bonds. The van der Waals surface area contributed by atoms with Gasteiger partial charge in [0.25, 0.3) is 0 Å². The summed E-state index contributed by atoms with van der Waals surface area (Å²) >= 11 is 1.57. The lowest BCUT2D eigenvalue weighted by Gasteiger charge is -2.21. The third-order valence-electron chi connectivity index (χ3n) is 1.49. The van der Waals surface area contributed by atoms with Crippen molar-refractivity contribution in [2.24, 2.45) is 0 Å². The second kappa shape index (κ2) is 4.79. The maximum atomic E-state index is 4.39. The van der Waals surface area contributed by atoms with Crippen molar-refractivity contribution in [1.82, 2.24) is 14.5 Å². The van der Waals surface area contributed by atoms with Crippen molar-refractivity contribution in [3.05, 3.63) is 12.3 Å². The monoisotopic (exact) mass is 219 g/mol. The maximum Gasteiger partial charge on any atom is 0.230 e. The fourth-order valence-electron chi connectivity index (χ4n) is 0.804. The summed E-state index contributed by atoms with van der Waals surface area (Å²) in [6.07, 6.45) is 3.78. The van der Waals surface area contributed by atoms with Crippen LogP contribution in [0.3, 0.4) is 0 Å². The van der Waals surface area contributed by atoms with Gasteiger partial charge in [0.2, 0.25) is 5.82 Å². The number of quaternary nitrogens is 1. The first kappa shape index (κ1) is 12.7. The predicted molar refractivity (Wildman–Crippen MR) is 53.4 cm³/mol. The van der Waals surface area contributed by atoms with E-state index in [1.54, 1.807) is 18.0 Å². The number of hydrogen-bond acceptors (Lipinski definition) is 3. The molecule has 1 rings (SSSR count). The third kappa shape index (κ3) is 3.50. The van der Waals surface area contributed by atoms with Gasteiger partial charge in [-0.15, -0.1) is 0 Å². The van der Waals surface area contributed by atoms with Gasteiger partial charge >= 0.3 is 0 Å². The summed E-state index contributed by atoms with van der Waals surface area (Å²) in [7, 11) is 6.27.